The first-order valence-corrected chi connectivity index (χ1v) is 22.6. The van der Waals surface area contributed by atoms with Gasteiger partial charge in [-0.2, -0.15) is 0 Å². The van der Waals surface area contributed by atoms with Gasteiger partial charge < -0.3 is 39.9 Å². The average molecular weight is 841 g/mol. The molecule has 5 aromatic rings. The van der Waals surface area contributed by atoms with Crippen LogP contribution in [0.3, 0.4) is 0 Å². The zero-order valence-corrected chi connectivity index (χ0v) is 36.8. The van der Waals surface area contributed by atoms with E-state index in [0.717, 1.165) is 65.0 Å². The topological polar surface area (TPSA) is 158 Å². The van der Waals surface area contributed by atoms with Gasteiger partial charge in [-0.15, -0.1) is 0 Å². The highest BCUT2D eigenvalue weighted by atomic mass is 16.5. The molecule has 1 saturated carbocycles. The molecule has 1 unspecified atom stereocenters. The van der Waals surface area contributed by atoms with Crippen molar-refractivity contribution in [2.24, 2.45) is 11.8 Å². The number of carbonyl (C=O) groups is 3. The molecule has 13 heteroatoms. The Morgan fingerprint density at radius 1 is 0.661 bits per heavy atom. The van der Waals surface area contributed by atoms with Gasteiger partial charge in [0.1, 0.15) is 23.7 Å². The number of aromatic amines is 2. The number of amides is 3. The van der Waals surface area contributed by atoms with Crippen molar-refractivity contribution in [3.63, 3.8) is 0 Å². The Bertz CT molecular complexity index is 2360. The van der Waals surface area contributed by atoms with E-state index in [1.54, 1.807) is 7.11 Å². The van der Waals surface area contributed by atoms with Crippen molar-refractivity contribution in [1.82, 2.24) is 40.4 Å². The molecular formula is C49H60N8O5. The molecule has 3 aromatic carbocycles. The first-order chi connectivity index (χ1) is 29.9. The normalized spacial score (nSPS) is 21.7. The minimum atomic E-state index is -0.684. The molecule has 10 rings (SSSR count). The third kappa shape index (κ3) is 7.46. The van der Waals surface area contributed by atoms with E-state index in [4.69, 9.17) is 19.4 Å². The zero-order chi connectivity index (χ0) is 43.4. The predicted octanol–water partition coefficient (Wildman–Crippen LogP) is 8.97. The molecule has 0 radical (unpaired) electrons. The molecule has 0 spiro atoms. The molecule has 62 heavy (non-hydrogen) atoms. The maximum absolute atomic E-state index is 13.9. The number of nitrogens with one attached hydrogen (secondary N) is 4. The molecular weight excluding hydrogens is 781 g/mol. The minimum absolute atomic E-state index is 0.0364. The van der Waals surface area contributed by atoms with Gasteiger partial charge in [-0.25, -0.2) is 14.8 Å². The fraction of sp³-hybridized carbons (Fsp3) is 0.490. The molecule has 2 aromatic heterocycles. The van der Waals surface area contributed by atoms with Gasteiger partial charge in [0, 0.05) is 13.1 Å². The number of likely N-dealkylation sites (tertiary alicyclic amines) is 2. The molecule has 2 aliphatic heterocycles. The summed E-state index contributed by atoms with van der Waals surface area (Å²) in [5.74, 6) is 2.86. The van der Waals surface area contributed by atoms with Crippen molar-refractivity contribution in [2.45, 2.75) is 115 Å². The lowest BCUT2D eigenvalue weighted by molar-refractivity contribution is -0.136. The molecule has 3 fully saturated rings. The lowest BCUT2D eigenvalue weighted by atomic mass is 9.63. The van der Waals surface area contributed by atoms with Gasteiger partial charge in [0.25, 0.3) is 0 Å². The molecule has 4 N–H and O–H groups in total. The third-order valence-electron chi connectivity index (χ3n) is 14.0. The SMILES string of the molecule is C=C(N[C@H](C(=O)N1CCC[C@H]1c1nc2ccc(-c3ccc(-c4ccc5nc(C6CCCN6C(=O)[C@@H](NC(=O)OC)C(C)C)[nH]c5c4)c4c3C3CCC4CC3)cc2[nH]1)C(C)C)OC. The summed E-state index contributed by atoms with van der Waals surface area (Å²) in [6, 6.07) is 16.3. The standard InChI is InChI=1S/C49H60N8O5/c1-26(2)43(50-28(5)61-6)47(58)56-22-8-10-39(56)45-51-35-20-16-31(24-37(35)53-45)33-18-19-34(42-30-14-12-29(13-15-30)41(33)42)32-17-21-36-38(25-32)54-46(52-36)40-11-9-23-57(40)48(59)44(27(3)4)55-49(60)62-7/h16-21,24-27,29-30,39-40,43-44,50H,5,8-15,22-23H2,1-4,6-7H3,(H,51,53)(H,52,54)(H,55,60)/t29?,30?,39-,40?,43-,44-/m0/s1. The number of alkyl carbamates (subject to hydrolysis) is 1. The summed E-state index contributed by atoms with van der Waals surface area (Å²) in [5.41, 5.74) is 11.6. The number of aromatic nitrogens is 4. The lowest BCUT2D eigenvalue weighted by Gasteiger charge is -2.41. The lowest BCUT2D eigenvalue weighted by Crippen LogP contribution is -2.51. The number of H-pyrrole nitrogens is 2. The molecule has 3 amide bonds. The minimum Gasteiger partial charge on any atom is -0.483 e. The van der Waals surface area contributed by atoms with Gasteiger partial charge in [0.05, 0.1) is 48.4 Å². The quantitative estimate of drug-likeness (QED) is 0.0908. The van der Waals surface area contributed by atoms with Crippen LogP contribution in [0.5, 0.6) is 0 Å². The maximum atomic E-state index is 13.9. The molecule has 4 atom stereocenters. The number of hydrogen-bond acceptors (Lipinski definition) is 8. The number of fused-ring (bicyclic) bond motifs is 4. The number of ether oxygens (including phenoxy) is 2. The Balaban J connectivity index is 1.01. The van der Waals surface area contributed by atoms with Crippen molar-refractivity contribution in [2.75, 3.05) is 27.3 Å². The second kappa shape index (κ2) is 16.8. The third-order valence-corrected chi connectivity index (χ3v) is 14.0. The Kier molecular flexibility index (Phi) is 11.2. The highest BCUT2D eigenvalue weighted by Gasteiger charge is 2.40. The van der Waals surface area contributed by atoms with E-state index in [-0.39, 0.29) is 35.7 Å². The Morgan fingerprint density at radius 2 is 1.11 bits per heavy atom. The van der Waals surface area contributed by atoms with Crippen LogP contribution in [0.1, 0.15) is 126 Å². The molecule has 4 heterocycles. The highest BCUT2D eigenvalue weighted by Crippen LogP contribution is 2.55. The van der Waals surface area contributed by atoms with Gasteiger partial charge in [-0.05, 0) is 139 Å². The summed E-state index contributed by atoms with van der Waals surface area (Å²) in [4.78, 5) is 61.0. The van der Waals surface area contributed by atoms with Gasteiger partial charge in [0.2, 0.25) is 11.8 Å². The fourth-order valence-corrected chi connectivity index (χ4v) is 10.8. The number of rotatable bonds is 12. The Hall–Kier alpha value is -5.85. The van der Waals surface area contributed by atoms with E-state index >= 15 is 0 Å². The van der Waals surface area contributed by atoms with Crippen LogP contribution >= 0.6 is 0 Å². The molecule has 2 saturated heterocycles. The molecule has 3 aliphatic carbocycles. The van der Waals surface area contributed by atoms with E-state index in [0.29, 0.717) is 30.8 Å². The first kappa shape index (κ1) is 41.5. The van der Waals surface area contributed by atoms with Crippen LogP contribution in [0.25, 0.3) is 44.3 Å². The van der Waals surface area contributed by atoms with Gasteiger partial charge >= 0.3 is 6.09 Å². The van der Waals surface area contributed by atoms with Gasteiger partial charge in [-0.1, -0.05) is 52.0 Å². The van der Waals surface area contributed by atoms with E-state index in [2.05, 4.69) is 75.7 Å². The highest BCUT2D eigenvalue weighted by molar-refractivity contribution is 5.89. The summed E-state index contributed by atoms with van der Waals surface area (Å²) < 4.78 is 10.1. The number of hydrogen-bond donors (Lipinski definition) is 4. The number of carbonyl (C=O) groups excluding carboxylic acids is 3. The molecule has 2 bridgehead atoms. The number of methoxy groups -OCH3 is 2. The zero-order valence-electron chi connectivity index (χ0n) is 36.8. The van der Waals surface area contributed by atoms with E-state index in [1.165, 1.54) is 60.6 Å². The maximum Gasteiger partial charge on any atom is 0.407 e. The first-order valence-electron chi connectivity index (χ1n) is 22.6. The number of imidazole rings is 2. The van der Waals surface area contributed by atoms with E-state index in [1.807, 2.05) is 37.5 Å². The summed E-state index contributed by atoms with van der Waals surface area (Å²) in [6.45, 7) is 13.1. The van der Waals surface area contributed by atoms with E-state index in [9.17, 15) is 14.4 Å². The van der Waals surface area contributed by atoms with Crippen LogP contribution in [-0.2, 0) is 19.1 Å². The molecule has 5 aliphatic rings. The van der Waals surface area contributed by atoms with Crippen LogP contribution in [0.2, 0.25) is 0 Å². The second-order valence-electron chi connectivity index (χ2n) is 18.5. The smallest absolute Gasteiger partial charge is 0.407 e. The molecule has 13 nitrogen and oxygen atoms in total. The van der Waals surface area contributed by atoms with Crippen LogP contribution < -0.4 is 10.6 Å². The van der Waals surface area contributed by atoms with Gasteiger partial charge in [0.15, 0.2) is 5.88 Å². The van der Waals surface area contributed by atoms with Gasteiger partial charge in [-0.3, -0.25) is 9.59 Å². The van der Waals surface area contributed by atoms with Crippen molar-refractivity contribution < 1.29 is 23.9 Å². The largest absolute Gasteiger partial charge is 0.483 e. The summed E-state index contributed by atoms with van der Waals surface area (Å²) in [7, 11) is 2.87. The summed E-state index contributed by atoms with van der Waals surface area (Å²) in [5, 5.41) is 5.93. The monoisotopic (exact) mass is 840 g/mol. The fourth-order valence-electron chi connectivity index (χ4n) is 10.8. The number of nitrogens with zero attached hydrogens (tertiary/aromatic N) is 4. The number of benzene rings is 3. The van der Waals surface area contributed by atoms with Crippen LogP contribution in [0.4, 0.5) is 4.79 Å². The summed E-state index contributed by atoms with van der Waals surface area (Å²) in [6.07, 6.45) is 7.62. The predicted molar refractivity (Wildman–Crippen MR) is 240 cm³/mol. The Morgan fingerprint density at radius 3 is 1.53 bits per heavy atom. The van der Waals surface area contributed by atoms with Crippen LogP contribution in [0, 0.1) is 11.8 Å². The second-order valence-corrected chi connectivity index (χ2v) is 18.5. The van der Waals surface area contributed by atoms with Crippen molar-refractivity contribution >= 4 is 40.0 Å². The van der Waals surface area contributed by atoms with Crippen molar-refractivity contribution in [3.8, 4) is 22.3 Å². The van der Waals surface area contributed by atoms with E-state index < -0.39 is 18.2 Å². The Labute approximate surface area is 363 Å². The average Bonchev–Trinajstić information content (AvgIpc) is 4.12. The summed E-state index contributed by atoms with van der Waals surface area (Å²) >= 11 is 0. The van der Waals surface area contributed by atoms with Crippen LogP contribution in [0.15, 0.2) is 61.0 Å². The van der Waals surface area contributed by atoms with Crippen molar-refractivity contribution in [3.05, 3.63) is 83.8 Å². The van der Waals surface area contributed by atoms with Crippen LogP contribution in [-0.4, -0.2) is 87.0 Å². The molecule has 326 valence electrons. The van der Waals surface area contributed by atoms with Crippen molar-refractivity contribution in [1.29, 1.82) is 0 Å².